The van der Waals surface area contributed by atoms with Crippen LogP contribution in [0.1, 0.15) is 47.4 Å². The standard InChI is InChI=1S/C23H27N3O5/c1-4-10-31-19-9-8-16(13-20(19)30-3)22(28)26-25-21(27)15-6-5-7-17(12-15)24-23(29)18-11-14(18)2/h5-9,12-14,18H,4,10-11H2,1-3H3,(H,24,29)(H,25,27)(H,26,28). The second-order valence-corrected chi connectivity index (χ2v) is 7.51. The Balaban J connectivity index is 1.58. The van der Waals surface area contributed by atoms with Crippen molar-refractivity contribution in [3.63, 3.8) is 0 Å². The Morgan fingerprint density at radius 3 is 2.29 bits per heavy atom. The number of carbonyl (C=O) groups excluding carboxylic acids is 3. The molecule has 8 nitrogen and oxygen atoms in total. The fraction of sp³-hybridized carbons (Fsp3) is 0.348. The monoisotopic (exact) mass is 425 g/mol. The van der Waals surface area contributed by atoms with E-state index in [0.29, 0.717) is 40.8 Å². The number of amides is 3. The Morgan fingerprint density at radius 1 is 1.00 bits per heavy atom. The summed E-state index contributed by atoms with van der Waals surface area (Å²) in [6, 6.07) is 11.3. The topological polar surface area (TPSA) is 106 Å². The van der Waals surface area contributed by atoms with Crippen LogP contribution in [0.2, 0.25) is 0 Å². The average Bonchev–Trinajstić information content (AvgIpc) is 3.52. The largest absolute Gasteiger partial charge is 0.493 e. The highest BCUT2D eigenvalue weighted by Gasteiger charge is 2.39. The van der Waals surface area contributed by atoms with Gasteiger partial charge in [-0.2, -0.15) is 0 Å². The summed E-state index contributed by atoms with van der Waals surface area (Å²) in [5.41, 5.74) is 5.92. The summed E-state index contributed by atoms with van der Waals surface area (Å²) in [6.07, 6.45) is 1.73. The summed E-state index contributed by atoms with van der Waals surface area (Å²) in [4.78, 5) is 36.9. The third kappa shape index (κ3) is 5.75. The summed E-state index contributed by atoms with van der Waals surface area (Å²) in [5, 5.41) is 2.82. The molecule has 0 spiro atoms. The van der Waals surface area contributed by atoms with E-state index in [2.05, 4.69) is 16.2 Å². The molecule has 0 bridgehead atoms. The molecule has 0 aliphatic heterocycles. The smallest absolute Gasteiger partial charge is 0.269 e. The molecule has 2 unspecified atom stereocenters. The molecule has 0 heterocycles. The molecular formula is C23H27N3O5. The van der Waals surface area contributed by atoms with E-state index in [-0.39, 0.29) is 11.8 Å². The number of methoxy groups -OCH3 is 1. The molecule has 0 saturated heterocycles. The first-order valence-electron chi connectivity index (χ1n) is 10.2. The fourth-order valence-electron chi connectivity index (χ4n) is 3.06. The van der Waals surface area contributed by atoms with E-state index in [4.69, 9.17) is 9.47 Å². The number of hydrogen-bond donors (Lipinski definition) is 3. The molecule has 0 aromatic heterocycles. The van der Waals surface area contributed by atoms with Crippen molar-refractivity contribution in [2.24, 2.45) is 11.8 Å². The summed E-state index contributed by atoms with van der Waals surface area (Å²) in [5.74, 6) is 0.365. The van der Waals surface area contributed by atoms with Gasteiger partial charge in [0.25, 0.3) is 11.8 Å². The second kappa shape index (κ2) is 9.97. The quantitative estimate of drug-likeness (QED) is 0.564. The van der Waals surface area contributed by atoms with Crippen molar-refractivity contribution >= 4 is 23.4 Å². The van der Waals surface area contributed by atoms with Crippen molar-refractivity contribution in [2.45, 2.75) is 26.7 Å². The molecule has 3 rings (SSSR count). The maximum atomic E-state index is 12.4. The predicted octanol–water partition coefficient (Wildman–Crippen LogP) is 3.15. The summed E-state index contributed by atoms with van der Waals surface area (Å²) in [6.45, 7) is 4.56. The lowest BCUT2D eigenvalue weighted by Crippen LogP contribution is -2.41. The molecule has 2 aromatic carbocycles. The molecule has 3 N–H and O–H groups in total. The fourth-order valence-corrected chi connectivity index (χ4v) is 3.06. The number of ether oxygens (including phenoxy) is 2. The van der Waals surface area contributed by atoms with Crippen LogP contribution in [0, 0.1) is 11.8 Å². The number of anilines is 1. The maximum absolute atomic E-state index is 12.4. The lowest BCUT2D eigenvalue weighted by molar-refractivity contribution is -0.117. The highest BCUT2D eigenvalue weighted by molar-refractivity contribution is 6.01. The molecule has 31 heavy (non-hydrogen) atoms. The number of hydrazine groups is 1. The van der Waals surface area contributed by atoms with Gasteiger partial charge < -0.3 is 14.8 Å². The lowest BCUT2D eigenvalue weighted by Gasteiger charge is -2.12. The number of rotatable bonds is 8. The molecule has 3 amide bonds. The Labute approximate surface area is 181 Å². The first-order chi connectivity index (χ1) is 14.9. The van der Waals surface area contributed by atoms with Gasteiger partial charge in [0.05, 0.1) is 13.7 Å². The van der Waals surface area contributed by atoms with Crippen LogP contribution in [0.5, 0.6) is 11.5 Å². The Kier molecular flexibility index (Phi) is 7.12. The van der Waals surface area contributed by atoms with E-state index >= 15 is 0 Å². The zero-order valence-electron chi connectivity index (χ0n) is 17.9. The second-order valence-electron chi connectivity index (χ2n) is 7.51. The van der Waals surface area contributed by atoms with E-state index in [1.165, 1.54) is 7.11 Å². The van der Waals surface area contributed by atoms with Gasteiger partial charge in [-0.05, 0) is 55.2 Å². The summed E-state index contributed by atoms with van der Waals surface area (Å²) < 4.78 is 10.8. The molecule has 1 saturated carbocycles. The van der Waals surface area contributed by atoms with Crippen LogP contribution in [0.4, 0.5) is 5.69 Å². The van der Waals surface area contributed by atoms with E-state index in [1.54, 1.807) is 42.5 Å². The summed E-state index contributed by atoms with van der Waals surface area (Å²) >= 11 is 0. The van der Waals surface area contributed by atoms with Crippen LogP contribution in [-0.2, 0) is 4.79 Å². The lowest BCUT2D eigenvalue weighted by atomic mass is 10.2. The first-order valence-corrected chi connectivity index (χ1v) is 10.2. The Morgan fingerprint density at radius 2 is 1.68 bits per heavy atom. The van der Waals surface area contributed by atoms with E-state index < -0.39 is 11.8 Å². The third-order valence-corrected chi connectivity index (χ3v) is 5.02. The molecule has 1 fully saturated rings. The zero-order chi connectivity index (χ0) is 22.4. The number of benzene rings is 2. The molecular weight excluding hydrogens is 398 g/mol. The minimum atomic E-state index is -0.501. The van der Waals surface area contributed by atoms with Gasteiger partial charge in [0.15, 0.2) is 11.5 Å². The van der Waals surface area contributed by atoms with Gasteiger partial charge in [0.1, 0.15) is 0 Å². The first kappa shape index (κ1) is 22.1. The van der Waals surface area contributed by atoms with Crippen LogP contribution in [0.15, 0.2) is 42.5 Å². The van der Waals surface area contributed by atoms with E-state index in [9.17, 15) is 14.4 Å². The van der Waals surface area contributed by atoms with Gasteiger partial charge in [-0.25, -0.2) is 0 Å². The van der Waals surface area contributed by atoms with Crippen molar-refractivity contribution in [2.75, 3.05) is 19.0 Å². The van der Waals surface area contributed by atoms with Crippen molar-refractivity contribution in [3.8, 4) is 11.5 Å². The minimum absolute atomic E-state index is 0.0347. The van der Waals surface area contributed by atoms with Crippen molar-refractivity contribution in [1.29, 1.82) is 0 Å². The predicted molar refractivity (Wildman–Crippen MR) is 116 cm³/mol. The Hall–Kier alpha value is -3.55. The van der Waals surface area contributed by atoms with Crippen LogP contribution < -0.4 is 25.6 Å². The maximum Gasteiger partial charge on any atom is 0.269 e. The van der Waals surface area contributed by atoms with E-state index in [1.807, 2.05) is 13.8 Å². The van der Waals surface area contributed by atoms with Gasteiger partial charge >= 0.3 is 0 Å². The number of carbonyl (C=O) groups is 3. The van der Waals surface area contributed by atoms with Crippen molar-refractivity contribution in [3.05, 3.63) is 53.6 Å². The minimum Gasteiger partial charge on any atom is -0.493 e. The van der Waals surface area contributed by atoms with Crippen LogP contribution in [0.3, 0.4) is 0 Å². The van der Waals surface area contributed by atoms with Gasteiger partial charge in [0, 0.05) is 22.7 Å². The molecule has 2 aromatic rings. The highest BCUT2D eigenvalue weighted by atomic mass is 16.5. The third-order valence-electron chi connectivity index (χ3n) is 5.02. The zero-order valence-corrected chi connectivity index (χ0v) is 17.9. The SMILES string of the molecule is CCCOc1ccc(C(=O)NNC(=O)c2cccc(NC(=O)C3CC3C)c2)cc1OC. The van der Waals surface area contributed by atoms with Crippen molar-refractivity contribution in [1.82, 2.24) is 10.9 Å². The van der Waals surface area contributed by atoms with Crippen LogP contribution in [0.25, 0.3) is 0 Å². The average molecular weight is 425 g/mol. The number of nitrogens with one attached hydrogen (secondary N) is 3. The summed E-state index contributed by atoms with van der Waals surface area (Å²) in [7, 11) is 1.49. The highest BCUT2D eigenvalue weighted by Crippen LogP contribution is 2.38. The van der Waals surface area contributed by atoms with Crippen LogP contribution >= 0.6 is 0 Å². The molecule has 1 aliphatic carbocycles. The van der Waals surface area contributed by atoms with Gasteiger partial charge in [-0.1, -0.05) is 19.9 Å². The van der Waals surface area contributed by atoms with Crippen LogP contribution in [-0.4, -0.2) is 31.4 Å². The molecule has 8 heteroatoms. The molecule has 0 radical (unpaired) electrons. The number of hydrogen-bond acceptors (Lipinski definition) is 5. The van der Waals surface area contributed by atoms with Gasteiger partial charge in [0.2, 0.25) is 5.91 Å². The molecule has 2 atom stereocenters. The Bertz CT molecular complexity index is 975. The van der Waals surface area contributed by atoms with E-state index in [0.717, 1.165) is 12.8 Å². The normalized spacial score (nSPS) is 16.7. The van der Waals surface area contributed by atoms with Gasteiger partial charge in [-0.3, -0.25) is 25.2 Å². The van der Waals surface area contributed by atoms with Gasteiger partial charge in [-0.15, -0.1) is 0 Å². The molecule has 1 aliphatic rings. The molecule has 164 valence electrons. The van der Waals surface area contributed by atoms with Crippen molar-refractivity contribution < 1.29 is 23.9 Å².